The van der Waals surface area contributed by atoms with Crippen LogP contribution in [-0.2, 0) is 11.2 Å². The molecule has 1 heterocycles. The SMILES string of the molecule is COc1cc(C#N)ccc1OC(=O)Cc1c[nH]c2ccccc12. The Balaban J connectivity index is 1.79. The monoisotopic (exact) mass is 306 g/mol. The Kier molecular flexibility index (Phi) is 3.98. The van der Waals surface area contributed by atoms with Gasteiger partial charge in [-0.15, -0.1) is 0 Å². The van der Waals surface area contributed by atoms with Gasteiger partial charge in [0.2, 0.25) is 0 Å². The molecule has 0 saturated heterocycles. The smallest absolute Gasteiger partial charge is 0.315 e. The maximum absolute atomic E-state index is 12.2. The number of hydrogen-bond acceptors (Lipinski definition) is 4. The van der Waals surface area contributed by atoms with Crippen LogP contribution in [-0.4, -0.2) is 18.1 Å². The third-order valence-corrected chi connectivity index (χ3v) is 3.53. The number of aromatic amines is 1. The van der Waals surface area contributed by atoms with Gasteiger partial charge in [0.1, 0.15) is 0 Å². The molecule has 0 fully saturated rings. The highest BCUT2D eigenvalue weighted by Crippen LogP contribution is 2.28. The van der Waals surface area contributed by atoms with Crippen LogP contribution < -0.4 is 9.47 Å². The molecule has 0 saturated carbocycles. The lowest BCUT2D eigenvalue weighted by Crippen LogP contribution is -2.11. The van der Waals surface area contributed by atoms with Crippen molar-refractivity contribution in [3.63, 3.8) is 0 Å². The molecule has 114 valence electrons. The molecule has 3 aromatic rings. The fraction of sp³-hybridized carbons (Fsp3) is 0.111. The number of nitriles is 1. The molecule has 0 aliphatic heterocycles. The van der Waals surface area contributed by atoms with Crippen molar-refractivity contribution in [1.29, 1.82) is 5.26 Å². The van der Waals surface area contributed by atoms with Crippen LogP contribution in [0.3, 0.4) is 0 Å². The van der Waals surface area contributed by atoms with Gasteiger partial charge in [-0.1, -0.05) is 18.2 Å². The van der Waals surface area contributed by atoms with Crippen LogP contribution in [0.15, 0.2) is 48.7 Å². The lowest BCUT2D eigenvalue weighted by Gasteiger charge is -2.09. The number of nitrogens with one attached hydrogen (secondary N) is 1. The summed E-state index contributed by atoms with van der Waals surface area (Å²) in [6.07, 6.45) is 1.95. The molecule has 1 aromatic heterocycles. The third-order valence-electron chi connectivity index (χ3n) is 3.53. The fourth-order valence-electron chi connectivity index (χ4n) is 2.41. The minimum atomic E-state index is -0.391. The Morgan fingerprint density at radius 3 is 2.83 bits per heavy atom. The number of nitrogens with zero attached hydrogens (tertiary/aromatic N) is 1. The fourth-order valence-corrected chi connectivity index (χ4v) is 2.41. The zero-order valence-corrected chi connectivity index (χ0v) is 12.5. The van der Waals surface area contributed by atoms with E-state index in [2.05, 4.69) is 4.98 Å². The number of hydrogen-bond donors (Lipinski definition) is 1. The van der Waals surface area contributed by atoms with Gasteiger partial charge >= 0.3 is 5.97 Å². The third kappa shape index (κ3) is 3.01. The van der Waals surface area contributed by atoms with Gasteiger partial charge < -0.3 is 14.5 Å². The highest BCUT2D eigenvalue weighted by molar-refractivity contribution is 5.87. The number of rotatable bonds is 4. The molecule has 0 aliphatic carbocycles. The summed E-state index contributed by atoms with van der Waals surface area (Å²) < 4.78 is 10.5. The standard InChI is InChI=1S/C18H14N2O3/c1-22-17-8-12(10-19)6-7-16(17)23-18(21)9-13-11-20-15-5-3-2-4-14(13)15/h2-8,11,20H,9H2,1H3. The maximum Gasteiger partial charge on any atom is 0.315 e. The topological polar surface area (TPSA) is 75.1 Å². The Bertz CT molecular complexity index is 906. The number of carbonyl (C=O) groups excluding carboxylic acids is 1. The van der Waals surface area contributed by atoms with Gasteiger partial charge in [0, 0.05) is 23.2 Å². The van der Waals surface area contributed by atoms with Crippen LogP contribution in [0.2, 0.25) is 0 Å². The lowest BCUT2D eigenvalue weighted by molar-refractivity contribution is -0.133. The van der Waals surface area contributed by atoms with Crippen LogP contribution in [0, 0.1) is 11.3 Å². The average molecular weight is 306 g/mol. The molecular weight excluding hydrogens is 292 g/mol. The van der Waals surface area contributed by atoms with E-state index in [-0.39, 0.29) is 6.42 Å². The minimum absolute atomic E-state index is 0.146. The highest BCUT2D eigenvalue weighted by Gasteiger charge is 2.13. The molecule has 0 atom stereocenters. The predicted molar refractivity (Wildman–Crippen MR) is 85.3 cm³/mol. The molecule has 0 bridgehead atoms. The van der Waals surface area contributed by atoms with Crippen LogP contribution in [0.4, 0.5) is 0 Å². The first-order chi connectivity index (χ1) is 11.2. The number of benzene rings is 2. The maximum atomic E-state index is 12.2. The molecule has 0 amide bonds. The van der Waals surface area contributed by atoms with E-state index < -0.39 is 5.97 Å². The van der Waals surface area contributed by atoms with Crippen molar-refractivity contribution >= 4 is 16.9 Å². The van der Waals surface area contributed by atoms with E-state index in [0.29, 0.717) is 17.1 Å². The molecule has 23 heavy (non-hydrogen) atoms. The van der Waals surface area contributed by atoms with Gasteiger partial charge in [0.25, 0.3) is 0 Å². The first-order valence-electron chi connectivity index (χ1n) is 7.05. The number of aromatic nitrogens is 1. The molecule has 2 aromatic carbocycles. The second-order valence-electron chi connectivity index (χ2n) is 4.99. The summed E-state index contributed by atoms with van der Waals surface area (Å²) in [5.74, 6) is 0.269. The van der Waals surface area contributed by atoms with E-state index >= 15 is 0 Å². The molecule has 0 unspecified atom stereocenters. The summed E-state index contributed by atoms with van der Waals surface area (Å²) >= 11 is 0. The van der Waals surface area contributed by atoms with Gasteiger partial charge in [-0.2, -0.15) is 5.26 Å². The number of para-hydroxylation sites is 1. The Morgan fingerprint density at radius 1 is 1.22 bits per heavy atom. The molecule has 3 rings (SSSR count). The number of ether oxygens (including phenoxy) is 2. The number of methoxy groups -OCH3 is 1. The number of fused-ring (bicyclic) bond motifs is 1. The van der Waals surface area contributed by atoms with Gasteiger partial charge in [0.15, 0.2) is 11.5 Å². The Morgan fingerprint density at radius 2 is 2.04 bits per heavy atom. The van der Waals surface area contributed by atoms with Crippen LogP contribution >= 0.6 is 0 Å². The van der Waals surface area contributed by atoms with Gasteiger partial charge in [0.05, 0.1) is 25.2 Å². The predicted octanol–water partition coefficient (Wildman–Crippen LogP) is 3.20. The minimum Gasteiger partial charge on any atom is -0.493 e. The van der Waals surface area contributed by atoms with E-state index in [1.807, 2.05) is 36.5 Å². The first-order valence-corrected chi connectivity index (χ1v) is 7.05. The molecule has 0 aliphatic rings. The van der Waals surface area contributed by atoms with Crippen molar-refractivity contribution in [3.05, 3.63) is 59.8 Å². The summed E-state index contributed by atoms with van der Waals surface area (Å²) in [6, 6.07) is 14.5. The normalized spacial score (nSPS) is 10.3. The van der Waals surface area contributed by atoms with Gasteiger partial charge in [-0.3, -0.25) is 4.79 Å². The van der Waals surface area contributed by atoms with Crippen molar-refractivity contribution in [1.82, 2.24) is 4.98 Å². The molecular formula is C18H14N2O3. The summed E-state index contributed by atoms with van der Waals surface area (Å²) in [4.78, 5) is 15.3. The molecule has 5 heteroatoms. The molecule has 0 radical (unpaired) electrons. The quantitative estimate of drug-likeness (QED) is 0.593. The van der Waals surface area contributed by atoms with E-state index in [1.165, 1.54) is 13.2 Å². The zero-order valence-electron chi connectivity index (χ0n) is 12.5. The summed E-state index contributed by atoms with van der Waals surface area (Å²) in [5, 5.41) is 9.88. The first kappa shape index (κ1) is 14.7. The number of esters is 1. The van der Waals surface area contributed by atoms with Gasteiger partial charge in [-0.25, -0.2) is 0 Å². The van der Waals surface area contributed by atoms with Crippen molar-refractivity contribution in [3.8, 4) is 17.6 Å². The van der Waals surface area contributed by atoms with E-state index in [9.17, 15) is 4.79 Å². The number of carbonyl (C=O) groups is 1. The van der Waals surface area contributed by atoms with Crippen molar-refractivity contribution < 1.29 is 14.3 Å². The Hall–Kier alpha value is -3.26. The van der Waals surface area contributed by atoms with E-state index in [4.69, 9.17) is 14.7 Å². The molecule has 5 nitrogen and oxygen atoms in total. The second-order valence-corrected chi connectivity index (χ2v) is 4.99. The van der Waals surface area contributed by atoms with Crippen LogP contribution in [0.25, 0.3) is 10.9 Å². The Labute approximate surface area is 133 Å². The largest absolute Gasteiger partial charge is 0.493 e. The van der Waals surface area contributed by atoms with Crippen molar-refractivity contribution in [2.75, 3.05) is 7.11 Å². The van der Waals surface area contributed by atoms with E-state index in [0.717, 1.165) is 16.5 Å². The van der Waals surface area contributed by atoms with E-state index in [1.54, 1.807) is 12.1 Å². The lowest BCUT2D eigenvalue weighted by atomic mass is 10.1. The second kappa shape index (κ2) is 6.24. The van der Waals surface area contributed by atoms with Gasteiger partial charge in [-0.05, 0) is 23.8 Å². The molecule has 0 spiro atoms. The number of H-pyrrole nitrogens is 1. The molecule has 1 N–H and O–H groups in total. The van der Waals surface area contributed by atoms with Crippen LogP contribution in [0.1, 0.15) is 11.1 Å². The summed E-state index contributed by atoms with van der Waals surface area (Å²) in [5.41, 5.74) is 2.29. The zero-order chi connectivity index (χ0) is 16.2. The van der Waals surface area contributed by atoms with Crippen molar-refractivity contribution in [2.24, 2.45) is 0 Å². The summed E-state index contributed by atoms with van der Waals surface area (Å²) in [6.45, 7) is 0. The van der Waals surface area contributed by atoms with Crippen LogP contribution in [0.5, 0.6) is 11.5 Å². The van der Waals surface area contributed by atoms with Crippen molar-refractivity contribution in [2.45, 2.75) is 6.42 Å². The summed E-state index contributed by atoms with van der Waals surface area (Å²) in [7, 11) is 1.47. The average Bonchev–Trinajstić information content (AvgIpc) is 2.98. The highest BCUT2D eigenvalue weighted by atomic mass is 16.6.